The number of aromatic amines is 1. The van der Waals surface area contributed by atoms with Crippen molar-refractivity contribution in [1.29, 1.82) is 0 Å². The second kappa shape index (κ2) is 3.66. The molecule has 70 valence electrons. The van der Waals surface area contributed by atoms with E-state index >= 15 is 0 Å². The summed E-state index contributed by atoms with van der Waals surface area (Å²) in [4.78, 5) is 24.7. The van der Waals surface area contributed by atoms with Gasteiger partial charge in [-0.15, -0.1) is 0 Å². The Balaban J connectivity index is 3.65. The van der Waals surface area contributed by atoms with Gasteiger partial charge in [0.2, 0.25) is 0 Å². The van der Waals surface area contributed by atoms with Crippen LogP contribution < -0.4 is 5.56 Å². The van der Waals surface area contributed by atoms with Crippen LogP contribution in [0, 0.1) is 11.7 Å². The number of nitrogens with zero attached hydrogens (tertiary/aromatic N) is 1. The highest BCUT2D eigenvalue weighted by molar-refractivity contribution is 7.71. The van der Waals surface area contributed by atoms with Gasteiger partial charge in [-0.05, 0) is 26.1 Å². The second-order valence-electron chi connectivity index (χ2n) is 2.64. The smallest absolute Gasteiger partial charge is 0.257 e. The molecule has 0 saturated heterocycles. The van der Waals surface area contributed by atoms with Crippen LogP contribution in [-0.2, 0) is 6.54 Å². The van der Waals surface area contributed by atoms with E-state index < -0.39 is 0 Å². The number of rotatable bonds is 2. The average Bonchev–Trinajstić information content (AvgIpc) is 2.12. The van der Waals surface area contributed by atoms with Crippen molar-refractivity contribution in [3.05, 3.63) is 26.4 Å². The molecule has 1 heterocycles. The molecular formula is C8H10N2O2S. The predicted molar refractivity (Wildman–Crippen MR) is 51.7 cm³/mol. The fraction of sp³-hybridized carbons (Fsp3) is 0.375. The molecule has 1 aromatic rings. The molecule has 0 unspecified atom stereocenters. The van der Waals surface area contributed by atoms with E-state index in [1.54, 1.807) is 6.92 Å². The van der Waals surface area contributed by atoms with E-state index in [4.69, 9.17) is 12.2 Å². The molecule has 0 bridgehead atoms. The molecule has 0 aromatic carbocycles. The van der Waals surface area contributed by atoms with Crippen LogP contribution in [0.3, 0.4) is 0 Å². The summed E-state index contributed by atoms with van der Waals surface area (Å²) in [6.07, 6.45) is 0.604. The molecule has 0 aliphatic rings. The van der Waals surface area contributed by atoms with Gasteiger partial charge in [-0.1, -0.05) is 0 Å². The molecule has 1 aromatic heterocycles. The molecule has 0 radical (unpaired) electrons. The first-order valence-corrected chi connectivity index (χ1v) is 4.31. The van der Waals surface area contributed by atoms with Crippen LogP contribution in [0.2, 0.25) is 0 Å². The van der Waals surface area contributed by atoms with Crippen molar-refractivity contribution in [1.82, 2.24) is 9.55 Å². The molecule has 0 saturated carbocycles. The molecule has 0 amide bonds. The van der Waals surface area contributed by atoms with Gasteiger partial charge >= 0.3 is 0 Å². The standard InChI is InChI=1S/C8H10N2O2S/c1-3-10-7(12)5(2)6(4-11)9-8(10)13/h4H,3H2,1-2H3,(H,9,13). The summed E-state index contributed by atoms with van der Waals surface area (Å²) in [6, 6.07) is 0. The Morgan fingerprint density at radius 1 is 1.62 bits per heavy atom. The number of hydrogen-bond acceptors (Lipinski definition) is 3. The van der Waals surface area contributed by atoms with E-state index in [-0.39, 0.29) is 11.3 Å². The molecule has 0 atom stereocenters. The molecule has 0 aliphatic heterocycles. The summed E-state index contributed by atoms with van der Waals surface area (Å²) in [6.45, 7) is 3.93. The van der Waals surface area contributed by atoms with Gasteiger partial charge in [0, 0.05) is 12.1 Å². The number of hydrogen-bond donors (Lipinski definition) is 1. The van der Waals surface area contributed by atoms with Crippen molar-refractivity contribution >= 4 is 18.5 Å². The van der Waals surface area contributed by atoms with Crippen LogP contribution >= 0.6 is 12.2 Å². The van der Waals surface area contributed by atoms with Crippen molar-refractivity contribution in [3.63, 3.8) is 0 Å². The summed E-state index contributed by atoms with van der Waals surface area (Å²) < 4.78 is 1.71. The Bertz CT molecular complexity index is 444. The zero-order valence-electron chi connectivity index (χ0n) is 7.46. The van der Waals surface area contributed by atoms with Gasteiger partial charge < -0.3 is 4.98 Å². The van der Waals surface area contributed by atoms with E-state index in [1.165, 1.54) is 4.57 Å². The summed E-state index contributed by atoms with van der Waals surface area (Å²) in [5.74, 6) is 0. The first-order valence-electron chi connectivity index (χ1n) is 3.90. The van der Waals surface area contributed by atoms with Crippen LogP contribution in [0.5, 0.6) is 0 Å². The third kappa shape index (κ3) is 1.60. The molecule has 4 nitrogen and oxygen atoms in total. The van der Waals surface area contributed by atoms with Gasteiger partial charge in [0.05, 0.1) is 5.69 Å². The van der Waals surface area contributed by atoms with E-state index in [1.807, 2.05) is 6.92 Å². The third-order valence-electron chi connectivity index (χ3n) is 1.89. The molecule has 0 spiro atoms. The van der Waals surface area contributed by atoms with Gasteiger partial charge in [-0.25, -0.2) is 0 Å². The number of carbonyl (C=O) groups is 1. The van der Waals surface area contributed by atoms with Crippen molar-refractivity contribution in [2.24, 2.45) is 0 Å². The Labute approximate surface area is 80.2 Å². The first kappa shape index (κ1) is 9.85. The van der Waals surface area contributed by atoms with Crippen LogP contribution in [-0.4, -0.2) is 15.8 Å². The molecule has 0 aliphatic carbocycles. The highest BCUT2D eigenvalue weighted by atomic mass is 32.1. The third-order valence-corrected chi connectivity index (χ3v) is 2.21. The topological polar surface area (TPSA) is 54.9 Å². The zero-order valence-corrected chi connectivity index (χ0v) is 8.27. The maximum atomic E-state index is 11.5. The molecule has 1 rings (SSSR count). The Hall–Kier alpha value is -1.23. The highest BCUT2D eigenvalue weighted by Gasteiger charge is 2.05. The minimum absolute atomic E-state index is 0.201. The lowest BCUT2D eigenvalue weighted by Gasteiger charge is -2.04. The van der Waals surface area contributed by atoms with Gasteiger partial charge in [0.25, 0.3) is 5.56 Å². The van der Waals surface area contributed by atoms with E-state index in [2.05, 4.69) is 4.98 Å². The Morgan fingerprint density at radius 3 is 2.69 bits per heavy atom. The number of H-pyrrole nitrogens is 1. The number of nitrogens with one attached hydrogen (secondary N) is 1. The Morgan fingerprint density at radius 2 is 2.23 bits per heavy atom. The number of aldehydes is 1. The van der Waals surface area contributed by atoms with Crippen LogP contribution in [0.15, 0.2) is 4.79 Å². The number of carbonyl (C=O) groups excluding carboxylic acids is 1. The summed E-state index contributed by atoms with van der Waals surface area (Å²) >= 11 is 4.90. The lowest BCUT2D eigenvalue weighted by Crippen LogP contribution is -2.25. The first-order chi connectivity index (χ1) is 6.11. The molecule has 13 heavy (non-hydrogen) atoms. The van der Waals surface area contributed by atoms with Gasteiger partial charge in [0.1, 0.15) is 0 Å². The van der Waals surface area contributed by atoms with E-state index in [9.17, 15) is 9.59 Å². The molecule has 1 N–H and O–H groups in total. The minimum atomic E-state index is -0.201. The average molecular weight is 198 g/mol. The normalized spacial score (nSPS) is 10.0. The van der Waals surface area contributed by atoms with E-state index in [0.29, 0.717) is 23.2 Å². The minimum Gasteiger partial charge on any atom is -0.329 e. The second-order valence-corrected chi connectivity index (χ2v) is 3.02. The maximum absolute atomic E-state index is 11.5. The number of aromatic nitrogens is 2. The molecular weight excluding hydrogens is 188 g/mol. The summed E-state index contributed by atoms with van der Waals surface area (Å²) in [5, 5.41) is 0. The zero-order chi connectivity index (χ0) is 10.0. The van der Waals surface area contributed by atoms with Crippen molar-refractivity contribution in [3.8, 4) is 0 Å². The fourth-order valence-electron chi connectivity index (χ4n) is 1.09. The highest BCUT2D eigenvalue weighted by Crippen LogP contribution is 1.95. The Kier molecular flexibility index (Phi) is 2.77. The lowest BCUT2D eigenvalue weighted by atomic mass is 10.2. The maximum Gasteiger partial charge on any atom is 0.257 e. The van der Waals surface area contributed by atoms with Gasteiger partial charge in [-0.3, -0.25) is 14.2 Å². The largest absolute Gasteiger partial charge is 0.329 e. The van der Waals surface area contributed by atoms with E-state index in [0.717, 1.165) is 0 Å². The predicted octanol–water partition coefficient (Wildman–Crippen LogP) is 1.05. The van der Waals surface area contributed by atoms with Gasteiger partial charge in [-0.2, -0.15) is 0 Å². The summed E-state index contributed by atoms with van der Waals surface area (Å²) in [5.41, 5.74) is 0.471. The van der Waals surface area contributed by atoms with Crippen LogP contribution in [0.4, 0.5) is 0 Å². The lowest BCUT2D eigenvalue weighted by molar-refractivity contribution is 0.111. The van der Waals surface area contributed by atoms with Crippen molar-refractivity contribution in [2.45, 2.75) is 20.4 Å². The van der Waals surface area contributed by atoms with Crippen LogP contribution in [0.1, 0.15) is 23.0 Å². The monoisotopic (exact) mass is 198 g/mol. The van der Waals surface area contributed by atoms with Crippen molar-refractivity contribution in [2.75, 3.05) is 0 Å². The fourth-order valence-corrected chi connectivity index (χ4v) is 1.41. The quantitative estimate of drug-likeness (QED) is 0.570. The van der Waals surface area contributed by atoms with Gasteiger partial charge in [0.15, 0.2) is 11.1 Å². The SMILES string of the molecule is CCn1c(=S)[nH]c(C=O)c(C)c1=O. The van der Waals surface area contributed by atoms with Crippen molar-refractivity contribution < 1.29 is 4.79 Å². The summed E-state index contributed by atoms with van der Waals surface area (Å²) in [7, 11) is 0. The van der Waals surface area contributed by atoms with Crippen LogP contribution in [0.25, 0.3) is 0 Å². The molecule has 0 fully saturated rings. The molecule has 5 heteroatoms.